The number of rotatable bonds is 3. The van der Waals surface area contributed by atoms with Gasteiger partial charge in [0.15, 0.2) is 11.6 Å². The van der Waals surface area contributed by atoms with Crippen molar-refractivity contribution < 1.29 is 33.0 Å². The number of nitrogens with zero attached hydrogens (tertiary/aromatic N) is 2. The van der Waals surface area contributed by atoms with Gasteiger partial charge in [0.1, 0.15) is 11.4 Å². The molecule has 0 aromatic heterocycles. The first-order valence-electron chi connectivity index (χ1n) is 8.53. The van der Waals surface area contributed by atoms with Crippen molar-refractivity contribution >= 4 is 17.8 Å². The van der Waals surface area contributed by atoms with Crippen molar-refractivity contribution in [3.8, 4) is 5.75 Å². The molecule has 1 N–H and O–H groups in total. The Morgan fingerprint density at radius 3 is 2.44 bits per heavy atom. The highest BCUT2D eigenvalue weighted by Gasteiger charge is 2.55. The van der Waals surface area contributed by atoms with Crippen LogP contribution in [0.2, 0.25) is 0 Å². The first-order valence-corrected chi connectivity index (χ1v) is 8.53. The summed E-state index contributed by atoms with van der Waals surface area (Å²) < 4.78 is 33.2. The molecule has 3 rings (SSSR count). The topological polar surface area (TPSA) is 87.1 Å². The minimum absolute atomic E-state index is 0.0844. The summed E-state index contributed by atoms with van der Waals surface area (Å²) in [7, 11) is 2.78. The molecule has 1 spiro atoms. The van der Waals surface area contributed by atoms with Crippen molar-refractivity contribution in [1.29, 1.82) is 0 Å². The van der Waals surface area contributed by atoms with Gasteiger partial charge in [0, 0.05) is 26.6 Å². The number of ether oxygens (including phenoxy) is 1. The number of carboxylic acids is 1. The largest absolute Gasteiger partial charge is 0.494 e. The summed E-state index contributed by atoms with van der Waals surface area (Å²) in [5, 5.41) is 9.48. The predicted molar refractivity (Wildman–Crippen MR) is 89.3 cm³/mol. The second-order valence-corrected chi connectivity index (χ2v) is 6.88. The maximum absolute atomic E-state index is 14.4. The minimum atomic E-state index is -1.07. The molecule has 146 valence electrons. The smallest absolute Gasteiger partial charge is 0.309 e. The summed E-state index contributed by atoms with van der Waals surface area (Å²) in [6, 6.07) is 2.06. The molecule has 0 unspecified atom stereocenters. The number of halogens is 2. The van der Waals surface area contributed by atoms with Crippen LogP contribution in [0, 0.1) is 17.6 Å². The minimum Gasteiger partial charge on any atom is -0.494 e. The molecule has 1 atom stereocenters. The third kappa shape index (κ3) is 2.90. The number of amides is 2. The fraction of sp³-hybridized carbons (Fsp3) is 0.500. The van der Waals surface area contributed by atoms with Gasteiger partial charge in [-0.2, -0.15) is 0 Å². The average molecular weight is 382 g/mol. The highest BCUT2D eigenvalue weighted by molar-refractivity contribution is 5.95. The van der Waals surface area contributed by atoms with Gasteiger partial charge in [0.05, 0.1) is 18.6 Å². The number of carbonyl (C=O) groups excluding carboxylic acids is 2. The lowest BCUT2D eigenvalue weighted by molar-refractivity contribution is -0.145. The molecule has 2 saturated heterocycles. The van der Waals surface area contributed by atoms with E-state index in [9.17, 15) is 28.3 Å². The van der Waals surface area contributed by atoms with Crippen molar-refractivity contribution in [2.75, 3.05) is 27.2 Å². The van der Waals surface area contributed by atoms with Gasteiger partial charge in [0.25, 0.3) is 5.91 Å². The molecule has 2 amide bonds. The molecule has 0 radical (unpaired) electrons. The third-order valence-corrected chi connectivity index (χ3v) is 5.77. The zero-order chi connectivity index (χ0) is 19.9. The number of carboxylic acid groups (broad SMARTS) is 1. The Kier molecular flexibility index (Phi) is 4.79. The van der Waals surface area contributed by atoms with E-state index in [4.69, 9.17) is 4.74 Å². The number of benzene rings is 1. The first kappa shape index (κ1) is 19.1. The molecular weight excluding hydrogens is 362 g/mol. The number of methoxy groups -OCH3 is 1. The van der Waals surface area contributed by atoms with Gasteiger partial charge < -0.3 is 19.6 Å². The quantitative estimate of drug-likeness (QED) is 0.856. The lowest BCUT2D eigenvalue weighted by atomic mass is 9.77. The molecule has 0 bridgehead atoms. The summed E-state index contributed by atoms with van der Waals surface area (Å²) in [5.74, 6) is -5.30. The Labute approximate surface area is 154 Å². The normalized spacial score (nSPS) is 21.6. The van der Waals surface area contributed by atoms with Crippen LogP contribution in [0.15, 0.2) is 12.1 Å². The molecule has 1 aromatic rings. The average Bonchev–Trinajstić information content (AvgIpc) is 2.88. The summed E-state index contributed by atoms with van der Waals surface area (Å²) in [6.45, 7) is 0.187. The number of hydrogen-bond donors (Lipinski definition) is 1. The Morgan fingerprint density at radius 2 is 1.89 bits per heavy atom. The van der Waals surface area contributed by atoms with Gasteiger partial charge in [-0.3, -0.25) is 14.4 Å². The Bertz CT molecular complexity index is 805. The standard InChI is InChI=1S/C18H20F2N2O5/c1-21-13(23)9-10(17(25)26)18(21)5-7-22(8-6-18)16(24)14-11(19)3-4-12(27-2)15(14)20/h3-4,10H,5-9H2,1-2H3,(H,25,26)/t10-/m0/s1. The molecule has 7 nitrogen and oxygen atoms in total. The highest BCUT2D eigenvalue weighted by atomic mass is 19.1. The molecule has 2 aliphatic rings. The van der Waals surface area contributed by atoms with E-state index in [-0.39, 0.29) is 44.0 Å². The first-order chi connectivity index (χ1) is 12.7. The van der Waals surface area contributed by atoms with E-state index in [1.165, 1.54) is 16.9 Å². The summed E-state index contributed by atoms with van der Waals surface area (Å²) in [5.41, 5.74) is -1.58. The van der Waals surface area contributed by atoms with E-state index in [2.05, 4.69) is 0 Å². The molecule has 9 heteroatoms. The van der Waals surface area contributed by atoms with Crippen LogP contribution in [0.1, 0.15) is 29.6 Å². The molecule has 0 aliphatic carbocycles. The third-order valence-electron chi connectivity index (χ3n) is 5.77. The lowest BCUT2D eigenvalue weighted by Crippen LogP contribution is -2.57. The van der Waals surface area contributed by atoms with Crippen molar-refractivity contribution in [2.24, 2.45) is 5.92 Å². The van der Waals surface area contributed by atoms with Gasteiger partial charge in [-0.1, -0.05) is 0 Å². The van der Waals surface area contributed by atoms with Gasteiger partial charge >= 0.3 is 5.97 Å². The van der Waals surface area contributed by atoms with Crippen LogP contribution in [-0.4, -0.2) is 65.5 Å². The Morgan fingerprint density at radius 1 is 1.26 bits per heavy atom. The van der Waals surface area contributed by atoms with Crippen LogP contribution in [0.3, 0.4) is 0 Å². The fourth-order valence-corrected chi connectivity index (χ4v) is 4.13. The van der Waals surface area contributed by atoms with Crippen LogP contribution in [0.25, 0.3) is 0 Å². The predicted octanol–water partition coefficient (Wildman–Crippen LogP) is 1.51. The lowest BCUT2D eigenvalue weighted by Gasteiger charge is -2.45. The molecule has 2 aliphatic heterocycles. The van der Waals surface area contributed by atoms with E-state index in [0.717, 1.165) is 12.1 Å². The van der Waals surface area contributed by atoms with E-state index in [0.29, 0.717) is 0 Å². The Hall–Kier alpha value is -2.71. The SMILES string of the molecule is COc1ccc(F)c(C(=O)N2CCC3(CC2)[C@H](C(=O)O)CC(=O)N3C)c1F. The van der Waals surface area contributed by atoms with Crippen molar-refractivity contribution in [2.45, 2.75) is 24.8 Å². The number of likely N-dealkylation sites (tertiary alicyclic amines) is 2. The summed E-state index contributed by atoms with van der Waals surface area (Å²) in [6.07, 6.45) is 0.370. The second-order valence-electron chi connectivity index (χ2n) is 6.88. The molecule has 0 saturated carbocycles. The van der Waals surface area contributed by atoms with E-state index >= 15 is 0 Å². The van der Waals surface area contributed by atoms with Crippen LogP contribution >= 0.6 is 0 Å². The number of hydrogen-bond acceptors (Lipinski definition) is 4. The van der Waals surface area contributed by atoms with Crippen LogP contribution < -0.4 is 4.74 Å². The zero-order valence-corrected chi connectivity index (χ0v) is 15.0. The van der Waals surface area contributed by atoms with Crippen molar-refractivity contribution in [3.63, 3.8) is 0 Å². The molecular formula is C18H20F2N2O5. The monoisotopic (exact) mass is 382 g/mol. The maximum atomic E-state index is 14.4. The fourth-order valence-electron chi connectivity index (χ4n) is 4.13. The highest BCUT2D eigenvalue weighted by Crippen LogP contribution is 2.43. The van der Waals surface area contributed by atoms with E-state index in [1.807, 2.05) is 0 Å². The number of aliphatic carboxylic acids is 1. The number of carbonyl (C=O) groups is 3. The van der Waals surface area contributed by atoms with E-state index in [1.54, 1.807) is 7.05 Å². The van der Waals surface area contributed by atoms with Crippen molar-refractivity contribution in [3.05, 3.63) is 29.3 Å². The van der Waals surface area contributed by atoms with Gasteiger partial charge in [-0.25, -0.2) is 8.78 Å². The van der Waals surface area contributed by atoms with Crippen LogP contribution in [0.5, 0.6) is 5.75 Å². The molecule has 2 fully saturated rings. The molecule has 1 aromatic carbocycles. The zero-order valence-electron chi connectivity index (χ0n) is 15.0. The molecule has 2 heterocycles. The summed E-state index contributed by atoms with van der Waals surface area (Å²) in [4.78, 5) is 39.0. The van der Waals surface area contributed by atoms with Crippen molar-refractivity contribution in [1.82, 2.24) is 9.80 Å². The maximum Gasteiger partial charge on any atom is 0.309 e. The molecule has 27 heavy (non-hydrogen) atoms. The second kappa shape index (κ2) is 6.79. The Balaban J connectivity index is 1.83. The van der Waals surface area contributed by atoms with Gasteiger partial charge in [-0.05, 0) is 25.0 Å². The number of piperidine rings is 1. The van der Waals surface area contributed by atoms with Crippen LogP contribution in [0.4, 0.5) is 8.78 Å². The van der Waals surface area contributed by atoms with Gasteiger partial charge in [-0.15, -0.1) is 0 Å². The summed E-state index contributed by atoms with van der Waals surface area (Å²) >= 11 is 0. The van der Waals surface area contributed by atoms with Gasteiger partial charge in [0.2, 0.25) is 5.91 Å². The van der Waals surface area contributed by atoms with E-state index < -0.39 is 40.5 Å². The van der Waals surface area contributed by atoms with Crippen LogP contribution in [-0.2, 0) is 9.59 Å².